The van der Waals surface area contributed by atoms with Crippen LogP contribution in [-0.2, 0) is 6.54 Å². The minimum atomic E-state index is -0.208. The Bertz CT molecular complexity index is 858. The van der Waals surface area contributed by atoms with Gasteiger partial charge >= 0.3 is 0 Å². The number of fused-ring (bicyclic) bond motifs is 3. The van der Waals surface area contributed by atoms with E-state index in [0.29, 0.717) is 28.9 Å². The molecule has 2 aliphatic rings. The van der Waals surface area contributed by atoms with Crippen molar-refractivity contribution in [2.24, 2.45) is 5.92 Å². The summed E-state index contributed by atoms with van der Waals surface area (Å²) in [5, 5.41) is 1.04. The highest BCUT2D eigenvalue weighted by atomic mass is 35.5. The number of hydrogen-bond acceptors (Lipinski definition) is 2. The summed E-state index contributed by atoms with van der Waals surface area (Å²) in [5.74, 6) is 0.499. The summed E-state index contributed by atoms with van der Waals surface area (Å²) in [6.45, 7) is 3.50. The monoisotopic (exact) mass is 330 g/mol. The van der Waals surface area contributed by atoms with Crippen LogP contribution < -0.4 is 5.43 Å². The van der Waals surface area contributed by atoms with E-state index in [-0.39, 0.29) is 16.9 Å². The van der Waals surface area contributed by atoms with E-state index in [2.05, 4.69) is 0 Å². The lowest BCUT2D eigenvalue weighted by Crippen LogP contribution is -2.40. The molecule has 2 bridgehead atoms. The number of aryl methyl sites for hydroxylation is 1. The molecule has 1 saturated heterocycles. The number of benzene rings is 1. The van der Waals surface area contributed by atoms with Crippen LogP contribution in [-0.4, -0.2) is 28.0 Å². The molecule has 120 valence electrons. The van der Waals surface area contributed by atoms with Crippen LogP contribution in [0.3, 0.4) is 0 Å². The maximum Gasteiger partial charge on any atom is 0.259 e. The largest absolute Gasteiger partial charge is 0.347 e. The second kappa shape index (κ2) is 5.38. The van der Waals surface area contributed by atoms with Gasteiger partial charge in [-0.1, -0.05) is 11.6 Å². The van der Waals surface area contributed by atoms with Crippen LogP contribution in [0.1, 0.15) is 36.5 Å². The van der Waals surface area contributed by atoms with E-state index in [0.717, 1.165) is 24.9 Å². The third-order valence-electron chi connectivity index (χ3n) is 5.28. The van der Waals surface area contributed by atoms with Gasteiger partial charge in [0, 0.05) is 35.7 Å². The van der Waals surface area contributed by atoms with E-state index in [1.54, 1.807) is 18.3 Å². The van der Waals surface area contributed by atoms with Crippen molar-refractivity contribution in [3.63, 3.8) is 0 Å². The molecule has 0 spiro atoms. The topological polar surface area (TPSA) is 42.3 Å². The van der Waals surface area contributed by atoms with Crippen LogP contribution in [0, 0.1) is 5.92 Å². The maximum atomic E-state index is 12.9. The average molecular weight is 331 g/mol. The van der Waals surface area contributed by atoms with E-state index >= 15 is 0 Å². The fourth-order valence-electron chi connectivity index (χ4n) is 4.11. The first-order valence-electron chi connectivity index (χ1n) is 8.22. The van der Waals surface area contributed by atoms with Crippen molar-refractivity contribution in [2.75, 3.05) is 6.54 Å². The third kappa shape index (κ3) is 2.27. The first kappa shape index (κ1) is 14.8. The standard InChI is InChI=1S/C18H19ClN2O2/c1-2-20-10-15(17(22)14-8-12(19)4-6-16(14)20)18(23)21-9-11-3-5-13(21)7-11/h4,6,8,10-11,13H,2-3,5,7,9H2,1H3/t11-,13-/m0/s1. The van der Waals surface area contributed by atoms with E-state index in [9.17, 15) is 9.59 Å². The molecule has 1 aliphatic carbocycles. The van der Waals surface area contributed by atoms with E-state index in [1.165, 1.54) is 6.42 Å². The zero-order valence-corrected chi connectivity index (χ0v) is 13.8. The first-order valence-corrected chi connectivity index (χ1v) is 8.60. The van der Waals surface area contributed by atoms with Crippen LogP contribution in [0.2, 0.25) is 5.02 Å². The Morgan fingerprint density at radius 1 is 1.35 bits per heavy atom. The van der Waals surface area contributed by atoms with Gasteiger partial charge in [-0.2, -0.15) is 0 Å². The minimum absolute atomic E-state index is 0.119. The van der Waals surface area contributed by atoms with Gasteiger partial charge in [-0.05, 0) is 50.3 Å². The molecule has 23 heavy (non-hydrogen) atoms. The van der Waals surface area contributed by atoms with E-state index < -0.39 is 0 Å². The van der Waals surface area contributed by atoms with Crippen LogP contribution in [0.25, 0.3) is 10.9 Å². The number of rotatable bonds is 2. The number of aromatic nitrogens is 1. The normalized spacial score (nSPS) is 23.0. The van der Waals surface area contributed by atoms with Gasteiger partial charge < -0.3 is 9.47 Å². The van der Waals surface area contributed by atoms with Gasteiger partial charge in [0.2, 0.25) is 5.43 Å². The summed E-state index contributed by atoms with van der Waals surface area (Å²) in [5.41, 5.74) is 0.885. The average Bonchev–Trinajstić information content (AvgIpc) is 3.18. The Morgan fingerprint density at radius 2 is 2.17 bits per heavy atom. The molecule has 0 radical (unpaired) electrons. The number of pyridine rings is 1. The fourth-order valence-corrected chi connectivity index (χ4v) is 4.28. The van der Waals surface area contributed by atoms with Crippen LogP contribution in [0.5, 0.6) is 0 Å². The molecule has 2 fully saturated rings. The highest BCUT2D eigenvalue weighted by Gasteiger charge is 2.41. The van der Waals surface area contributed by atoms with Crippen molar-refractivity contribution in [3.05, 3.63) is 45.2 Å². The van der Waals surface area contributed by atoms with Crippen molar-refractivity contribution in [3.8, 4) is 0 Å². The van der Waals surface area contributed by atoms with Gasteiger partial charge in [0.1, 0.15) is 5.56 Å². The quantitative estimate of drug-likeness (QED) is 0.848. The molecule has 0 N–H and O–H groups in total. The van der Waals surface area contributed by atoms with Crippen LogP contribution in [0.4, 0.5) is 0 Å². The Morgan fingerprint density at radius 3 is 2.83 bits per heavy atom. The lowest BCUT2D eigenvalue weighted by molar-refractivity contribution is 0.0701. The van der Waals surface area contributed by atoms with Crippen molar-refractivity contribution in [2.45, 2.75) is 38.8 Å². The van der Waals surface area contributed by atoms with Gasteiger partial charge in [-0.15, -0.1) is 0 Å². The molecule has 0 unspecified atom stereocenters. The molecule has 2 aromatic rings. The number of halogens is 1. The van der Waals surface area contributed by atoms with Gasteiger partial charge in [0.05, 0.1) is 5.52 Å². The highest BCUT2D eigenvalue weighted by molar-refractivity contribution is 6.31. The Hall–Kier alpha value is -1.81. The van der Waals surface area contributed by atoms with Gasteiger partial charge in [0.25, 0.3) is 5.91 Å². The number of carbonyl (C=O) groups is 1. The van der Waals surface area contributed by atoms with E-state index in [1.807, 2.05) is 22.5 Å². The fraction of sp³-hybridized carbons (Fsp3) is 0.444. The van der Waals surface area contributed by atoms with Crippen molar-refractivity contribution < 1.29 is 4.79 Å². The van der Waals surface area contributed by atoms with Crippen molar-refractivity contribution in [1.29, 1.82) is 0 Å². The van der Waals surface area contributed by atoms with E-state index in [4.69, 9.17) is 11.6 Å². The molecule has 2 heterocycles. The number of nitrogens with zero attached hydrogens (tertiary/aromatic N) is 2. The Labute approximate surface area is 139 Å². The number of carbonyl (C=O) groups excluding carboxylic acids is 1. The number of hydrogen-bond donors (Lipinski definition) is 0. The summed E-state index contributed by atoms with van der Waals surface area (Å²) in [4.78, 5) is 27.7. The lowest BCUT2D eigenvalue weighted by atomic mass is 10.1. The second-order valence-electron chi connectivity index (χ2n) is 6.61. The van der Waals surface area contributed by atoms with Crippen molar-refractivity contribution >= 4 is 28.4 Å². The molecule has 5 heteroatoms. The highest BCUT2D eigenvalue weighted by Crippen LogP contribution is 2.37. The summed E-state index contributed by atoms with van der Waals surface area (Å²) in [7, 11) is 0. The van der Waals surface area contributed by atoms with Gasteiger partial charge in [0.15, 0.2) is 0 Å². The zero-order valence-electron chi connectivity index (χ0n) is 13.1. The molecule has 4 nitrogen and oxygen atoms in total. The zero-order chi connectivity index (χ0) is 16.1. The molecule has 1 saturated carbocycles. The molecule has 1 aliphatic heterocycles. The number of amides is 1. The molecule has 2 atom stereocenters. The number of likely N-dealkylation sites (tertiary alicyclic amines) is 1. The molecule has 4 rings (SSSR count). The molecular formula is C18H19ClN2O2. The van der Waals surface area contributed by atoms with Gasteiger partial charge in [-0.25, -0.2) is 0 Å². The van der Waals surface area contributed by atoms with Crippen LogP contribution >= 0.6 is 11.6 Å². The SMILES string of the molecule is CCn1cc(C(=O)N2C[C@H]3CC[C@H]2C3)c(=O)c2cc(Cl)ccc21. The summed E-state index contributed by atoms with van der Waals surface area (Å²) < 4.78 is 1.95. The number of piperidine rings is 1. The predicted octanol–water partition coefficient (Wildman–Crippen LogP) is 3.30. The Balaban J connectivity index is 1.85. The second-order valence-corrected chi connectivity index (χ2v) is 7.05. The smallest absolute Gasteiger partial charge is 0.259 e. The summed E-state index contributed by atoms with van der Waals surface area (Å²) in [6.07, 6.45) is 5.08. The van der Waals surface area contributed by atoms with Crippen molar-refractivity contribution in [1.82, 2.24) is 9.47 Å². The Kier molecular flexibility index (Phi) is 3.45. The first-order chi connectivity index (χ1) is 11.1. The van der Waals surface area contributed by atoms with Crippen LogP contribution in [0.15, 0.2) is 29.2 Å². The molecule has 1 aromatic carbocycles. The molecule has 1 aromatic heterocycles. The maximum absolute atomic E-state index is 12.9. The molecular weight excluding hydrogens is 312 g/mol. The predicted molar refractivity (Wildman–Crippen MR) is 91.1 cm³/mol. The summed E-state index contributed by atoms with van der Waals surface area (Å²) in [6, 6.07) is 5.60. The van der Waals surface area contributed by atoms with Gasteiger partial charge in [-0.3, -0.25) is 9.59 Å². The third-order valence-corrected chi connectivity index (χ3v) is 5.52. The molecule has 1 amide bonds. The lowest BCUT2D eigenvalue weighted by Gasteiger charge is -2.27. The summed E-state index contributed by atoms with van der Waals surface area (Å²) >= 11 is 6.05. The minimum Gasteiger partial charge on any atom is -0.347 e.